The molecule has 1 aromatic carbocycles. The Hall–Kier alpha value is -2.50. The summed E-state index contributed by atoms with van der Waals surface area (Å²) < 4.78 is 28.7. The van der Waals surface area contributed by atoms with Crippen molar-refractivity contribution < 1.29 is 18.7 Å². The summed E-state index contributed by atoms with van der Waals surface area (Å²) in [5.74, 6) is -3.04. The van der Waals surface area contributed by atoms with Crippen LogP contribution in [-0.4, -0.2) is 15.6 Å². The number of hydrogen-bond donors (Lipinski definition) is 1. The van der Waals surface area contributed by atoms with Crippen LogP contribution in [0.5, 0.6) is 0 Å². The van der Waals surface area contributed by atoms with E-state index in [0.717, 1.165) is 25.0 Å². The van der Waals surface area contributed by atoms with Gasteiger partial charge in [-0.3, -0.25) is 4.79 Å². The summed E-state index contributed by atoms with van der Waals surface area (Å²) in [7, 11) is 0. The third-order valence-electron chi connectivity index (χ3n) is 3.86. The molecule has 0 aliphatic carbocycles. The maximum atomic E-state index is 14.0. The number of carboxylic acid groups (broad SMARTS) is 1. The fourth-order valence-electron chi connectivity index (χ4n) is 2.57. The molecule has 6 heteroatoms. The highest BCUT2D eigenvalue weighted by molar-refractivity contribution is 5.88. The lowest BCUT2D eigenvalue weighted by Crippen LogP contribution is -2.21. The molecule has 0 atom stereocenters. The lowest BCUT2D eigenvalue weighted by molar-refractivity contribution is 0.0694. The van der Waals surface area contributed by atoms with Gasteiger partial charge in [0, 0.05) is 35.6 Å². The van der Waals surface area contributed by atoms with Gasteiger partial charge >= 0.3 is 5.97 Å². The molecule has 0 bridgehead atoms. The van der Waals surface area contributed by atoms with Crippen LogP contribution in [0.15, 0.2) is 35.4 Å². The molecule has 0 radical (unpaired) electrons. The van der Waals surface area contributed by atoms with Gasteiger partial charge in [-0.25, -0.2) is 13.6 Å². The summed E-state index contributed by atoms with van der Waals surface area (Å²) in [6.45, 7) is 3.87. The number of benzene rings is 1. The van der Waals surface area contributed by atoms with Crippen LogP contribution < -0.4 is 5.43 Å². The number of pyridine rings is 1. The number of halogens is 2. The molecule has 0 saturated carbocycles. The molecule has 0 unspecified atom stereocenters. The van der Waals surface area contributed by atoms with E-state index in [1.165, 1.54) is 12.4 Å². The van der Waals surface area contributed by atoms with E-state index in [1.54, 1.807) is 4.57 Å². The highest BCUT2D eigenvalue weighted by atomic mass is 19.1. The number of nitrogens with zero attached hydrogens (tertiary/aromatic N) is 1. The summed E-state index contributed by atoms with van der Waals surface area (Å²) in [6, 6.07) is 2.83. The van der Waals surface area contributed by atoms with Crippen LogP contribution in [0.2, 0.25) is 0 Å². The quantitative estimate of drug-likeness (QED) is 0.910. The van der Waals surface area contributed by atoms with Gasteiger partial charge in [-0.1, -0.05) is 13.8 Å². The Bertz CT molecular complexity index is 795. The van der Waals surface area contributed by atoms with E-state index in [2.05, 4.69) is 0 Å². The molecule has 1 aromatic heterocycles. The molecule has 0 aliphatic rings. The predicted molar refractivity (Wildman–Crippen MR) is 82.6 cm³/mol. The molecule has 0 spiro atoms. The summed E-state index contributed by atoms with van der Waals surface area (Å²) in [6.07, 6.45) is 4.16. The maximum Gasteiger partial charge on any atom is 0.341 e. The summed E-state index contributed by atoms with van der Waals surface area (Å²) in [5.41, 5.74) is -1.42. The van der Waals surface area contributed by atoms with Crippen molar-refractivity contribution in [1.29, 1.82) is 0 Å². The third kappa shape index (κ3) is 3.31. The highest BCUT2D eigenvalue weighted by Gasteiger charge is 2.19. The molecule has 4 nitrogen and oxygen atoms in total. The van der Waals surface area contributed by atoms with Crippen molar-refractivity contribution in [3.63, 3.8) is 0 Å². The SMILES string of the molecule is CCC(CC)n1cc(C(=O)O)c(=O)c(-c2ccc(F)cc2F)c1. The van der Waals surface area contributed by atoms with Crippen LogP contribution in [-0.2, 0) is 0 Å². The summed E-state index contributed by atoms with van der Waals surface area (Å²) in [5, 5.41) is 9.23. The fourth-order valence-corrected chi connectivity index (χ4v) is 2.57. The number of carbonyl (C=O) groups is 1. The van der Waals surface area contributed by atoms with E-state index in [-0.39, 0.29) is 17.2 Å². The van der Waals surface area contributed by atoms with Gasteiger partial charge < -0.3 is 9.67 Å². The van der Waals surface area contributed by atoms with E-state index in [1.807, 2.05) is 13.8 Å². The normalized spacial score (nSPS) is 11.0. The second-order valence-corrected chi connectivity index (χ2v) is 5.26. The van der Waals surface area contributed by atoms with Gasteiger partial charge in [-0.15, -0.1) is 0 Å². The van der Waals surface area contributed by atoms with E-state index in [4.69, 9.17) is 0 Å². The summed E-state index contributed by atoms with van der Waals surface area (Å²) >= 11 is 0. The molecule has 1 N–H and O–H groups in total. The van der Waals surface area contributed by atoms with Gasteiger partial charge in [0.2, 0.25) is 5.43 Å². The Labute approximate surface area is 132 Å². The van der Waals surface area contributed by atoms with Gasteiger partial charge in [-0.05, 0) is 25.0 Å². The first-order valence-electron chi connectivity index (χ1n) is 7.33. The minimum absolute atomic E-state index is 0.0176. The van der Waals surface area contributed by atoms with E-state index in [0.29, 0.717) is 6.07 Å². The average molecular weight is 321 g/mol. The minimum atomic E-state index is -1.38. The van der Waals surface area contributed by atoms with Gasteiger partial charge in [0.05, 0.1) is 0 Å². The Morgan fingerprint density at radius 2 is 1.83 bits per heavy atom. The predicted octanol–water partition coefficient (Wildman–Crippen LogP) is 3.85. The molecule has 0 fully saturated rings. The van der Waals surface area contributed by atoms with Gasteiger partial charge in [0.15, 0.2) is 0 Å². The topological polar surface area (TPSA) is 59.3 Å². The van der Waals surface area contributed by atoms with Crippen LogP contribution in [0.3, 0.4) is 0 Å². The lowest BCUT2D eigenvalue weighted by atomic mass is 10.0. The van der Waals surface area contributed by atoms with E-state index in [9.17, 15) is 23.5 Å². The first-order chi connectivity index (χ1) is 10.9. The largest absolute Gasteiger partial charge is 0.477 e. The zero-order valence-electron chi connectivity index (χ0n) is 12.8. The highest BCUT2D eigenvalue weighted by Crippen LogP contribution is 2.24. The standard InChI is InChI=1S/C17H17F2NO3/c1-3-11(4-2)20-8-13(16(21)14(9-20)17(22)23)12-6-5-10(18)7-15(12)19/h5-9,11H,3-4H2,1-2H3,(H,22,23). The molecular weight excluding hydrogens is 304 g/mol. The molecule has 0 amide bonds. The van der Waals surface area contributed by atoms with E-state index >= 15 is 0 Å². The summed E-state index contributed by atoms with van der Waals surface area (Å²) in [4.78, 5) is 23.7. The fraction of sp³-hybridized carbons (Fsp3) is 0.294. The van der Waals surface area contributed by atoms with Crippen molar-refractivity contribution >= 4 is 5.97 Å². The molecule has 2 rings (SSSR count). The van der Waals surface area contributed by atoms with Crippen molar-refractivity contribution in [3.05, 3.63) is 58.0 Å². The van der Waals surface area contributed by atoms with Crippen LogP contribution in [0.25, 0.3) is 11.1 Å². The average Bonchev–Trinajstić information content (AvgIpc) is 2.50. The van der Waals surface area contributed by atoms with Crippen LogP contribution in [0, 0.1) is 11.6 Å². The van der Waals surface area contributed by atoms with Crippen LogP contribution in [0.1, 0.15) is 43.1 Å². The number of aromatic carboxylic acids is 1. The minimum Gasteiger partial charge on any atom is -0.477 e. The number of rotatable bonds is 5. The van der Waals surface area contributed by atoms with Crippen molar-refractivity contribution in [1.82, 2.24) is 4.57 Å². The third-order valence-corrected chi connectivity index (χ3v) is 3.86. The maximum absolute atomic E-state index is 14.0. The van der Waals surface area contributed by atoms with Gasteiger partial charge in [0.25, 0.3) is 0 Å². The monoisotopic (exact) mass is 321 g/mol. The lowest BCUT2D eigenvalue weighted by Gasteiger charge is -2.19. The number of hydrogen-bond acceptors (Lipinski definition) is 2. The van der Waals surface area contributed by atoms with Crippen LogP contribution in [0.4, 0.5) is 8.78 Å². The Kier molecular flexibility index (Phi) is 4.93. The molecule has 0 saturated heterocycles. The Balaban J connectivity index is 2.76. The zero-order chi connectivity index (χ0) is 17.1. The van der Waals surface area contributed by atoms with Gasteiger partial charge in [-0.2, -0.15) is 0 Å². The molecule has 1 heterocycles. The number of aromatic nitrogens is 1. The van der Waals surface area contributed by atoms with Gasteiger partial charge in [0.1, 0.15) is 17.2 Å². The smallest absolute Gasteiger partial charge is 0.341 e. The van der Waals surface area contributed by atoms with Crippen molar-refractivity contribution in [2.75, 3.05) is 0 Å². The second kappa shape index (κ2) is 6.73. The van der Waals surface area contributed by atoms with Crippen molar-refractivity contribution in [2.45, 2.75) is 32.7 Å². The molecule has 0 aliphatic heterocycles. The zero-order valence-corrected chi connectivity index (χ0v) is 12.8. The molecular formula is C17H17F2NO3. The Morgan fingerprint density at radius 3 is 2.35 bits per heavy atom. The Morgan fingerprint density at radius 1 is 1.17 bits per heavy atom. The van der Waals surface area contributed by atoms with E-state index < -0.39 is 28.6 Å². The second-order valence-electron chi connectivity index (χ2n) is 5.26. The van der Waals surface area contributed by atoms with Crippen molar-refractivity contribution in [2.24, 2.45) is 0 Å². The van der Waals surface area contributed by atoms with Crippen LogP contribution >= 0.6 is 0 Å². The number of carboxylic acids is 1. The first kappa shape index (κ1) is 16.9. The molecule has 122 valence electrons. The molecule has 23 heavy (non-hydrogen) atoms. The van der Waals surface area contributed by atoms with Crippen molar-refractivity contribution in [3.8, 4) is 11.1 Å². The first-order valence-corrected chi connectivity index (χ1v) is 7.33. The molecule has 2 aromatic rings.